The summed E-state index contributed by atoms with van der Waals surface area (Å²) in [4.78, 5) is 0. The zero-order valence-electron chi connectivity index (χ0n) is 47.9. The van der Waals surface area contributed by atoms with E-state index in [1.54, 1.807) is 0 Å². The van der Waals surface area contributed by atoms with Gasteiger partial charge in [-0.25, -0.2) is 0 Å². The predicted octanol–water partition coefficient (Wildman–Crippen LogP) is 23.0. The van der Waals surface area contributed by atoms with Crippen molar-refractivity contribution in [3.8, 4) is 122 Å². The van der Waals surface area contributed by atoms with E-state index in [1.165, 1.54) is 106 Å². The zero-order valence-corrected chi connectivity index (χ0v) is 47.9. The van der Waals surface area contributed by atoms with E-state index in [2.05, 4.69) is 353 Å². The lowest BCUT2D eigenvalue weighted by atomic mass is 9.65. The van der Waals surface area contributed by atoms with Gasteiger partial charge in [-0.3, -0.25) is 0 Å². The van der Waals surface area contributed by atoms with Crippen LogP contribution in [0.1, 0.15) is 27.8 Å². The second-order valence-electron chi connectivity index (χ2n) is 22.8. The van der Waals surface area contributed by atoms with Crippen molar-refractivity contribution in [2.45, 2.75) is 12.3 Å². The van der Waals surface area contributed by atoms with Crippen molar-refractivity contribution in [3.05, 3.63) is 374 Å². The minimum Gasteiger partial charge on any atom is -0.0622 e. The predicted molar refractivity (Wildman–Crippen MR) is 363 cm³/mol. The lowest BCUT2D eigenvalue weighted by Gasteiger charge is -2.36. The van der Waals surface area contributed by atoms with Crippen LogP contribution >= 0.6 is 0 Å². The standard InChI is InChI=1S/C86H60/c1-59-24-17-18-43-80(59)81-44-23-45-83-85(81)82-47-46-73(64-33-15-6-16-34-64)58-84(82)86(83,78-54-74(69-39-19-35-65(48-69)60-25-7-2-8-26-60)52-75(55-78)70-40-20-36-66(49-70)61-27-9-3-10-28-61)79-56-76(71-41-21-37-67(50-71)62-29-11-4-12-30-62)53-77(57-79)72-42-22-38-68(51-72)63-31-13-5-14-32-63/h2-58H,1H3. The maximum atomic E-state index is 2.53. The summed E-state index contributed by atoms with van der Waals surface area (Å²) in [6, 6.07) is 129. The van der Waals surface area contributed by atoms with Crippen molar-refractivity contribution in [1.82, 2.24) is 0 Å². The Labute approximate surface area is 505 Å². The average molecular weight is 1090 g/mol. The highest BCUT2D eigenvalue weighted by Gasteiger charge is 2.48. The van der Waals surface area contributed by atoms with Gasteiger partial charge in [-0.2, -0.15) is 0 Å². The highest BCUT2D eigenvalue weighted by molar-refractivity contribution is 5.98. The van der Waals surface area contributed by atoms with Crippen molar-refractivity contribution >= 4 is 0 Å². The number of rotatable bonds is 12. The third kappa shape index (κ3) is 9.58. The van der Waals surface area contributed by atoms with Gasteiger partial charge >= 0.3 is 0 Å². The van der Waals surface area contributed by atoms with Crippen LogP contribution in [0.5, 0.6) is 0 Å². The van der Waals surface area contributed by atoms with E-state index >= 15 is 0 Å². The van der Waals surface area contributed by atoms with Crippen molar-refractivity contribution < 1.29 is 0 Å². The first-order valence-corrected chi connectivity index (χ1v) is 29.9. The van der Waals surface area contributed by atoms with Crippen LogP contribution in [0.3, 0.4) is 0 Å². The molecule has 0 N–H and O–H groups in total. The van der Waals surface area contributed by atoms with Gasteiger partial charge in [0.2, 0.25) is 0 Å². The largest absolute Gasteiger partial charge is 0.0714 e. The van der Waals surface area contributed by atoms with Gasteiger partial charge in [0.1, 0.15) is 0 Å². The van der Waals surface area contributed by atoms with E-state index in [4.69, 9.17) is 0 Å². The molecule has 0 aliphatic heterocycles. The van der Waals surface area contributed by atoms with Crippen LogP contribution in [-0.4, -0.2) is 0 Å². The molecule has 1 aliphatic rings. The molecule has 14 aromatic carbocycles. The molecular weight excluding hydrogens is 1030 g/mol. The third-order valence-electron chi connectivity index (χ3n) is 17.6. The Morgan fingerprint density at radius 2 is 0.453 bits per heavy atom. The Balaban J connectivity index is 1.09. The molecule has 86 heavy (non-hydrogen) atoms. The fourth-order valence-electron chi connectivity index (χ4n) is 13.5. The lowest BCUT2D eigenvalue weighted by molar-refractivity contribution is 0.770. The molecule has 0 nitrogen and oxygen atoms in total. The summed E-state index contributed by atoms with van der Waals surface area (Å²) in [6.45, 7) is 2.25. The minimum atomic E-state index is -0.897. The van der Waals surface area contributed by atoms with Crippen LogP contribution in [0.4, 0.5) is 0 Å². The van der Waals surface area contributed by atoms with Crippen molar-refractivity contribution in [2.75, 3.05) is 0 Å². The van der Waals surface area contributed by atoms with E-state index in [9.17, 15) is 0 Å². The summed E-state index contributed by atoms with van der Waals surface area (Å²) in [5, 5.41) is 0. The molecule has 404 valence electrons. The first-order valence-electron chi connectivity index (χ1n) is 29.9. The van der Waals surface area contributed by atoms with Crippen LogP contribution in [0.2, 0.25) is 0 Å². The van der Waals surface area contributed by atoms with Gasteiger partial charge in [0.25, 0.3) is 0 Å². The Bertz CT molecular complexity index is 4370. The summed E-state index contributed by atoms with van der Waals surface area (Å²) in [7, 11) is 0. The number of fused-ring (bicyclic) bond motifs is 3. The first-order chi connectivity index (χ1) is 42.5. The van der Waals surface area contributed by atoms with Gasteiger partial charge < -0.3 is 0 Å². The number of aryl methyl sites for hydroxylation is 1. The number of hydrogen-bond donors (Lipinski definition) is 0. The van der Waals surface area contributed by atoms with Gasteiger partial charge in [0.15, 0.2) is 0 Å². The normalized spacial score (nSPS) is 12.1. The molecule has 0 radical (unpaired) electrons. The van der Waals surface area contributed by atoms with Gasteiger partial charge in [0.05, 0.1) is 5.41 Å². The third-order valence-corrected chi connectivity index (χ3v) is 17.6. The van der Waals surface area contributed by atoms with Crippen LogP contribution < -0.4 is 0 Å². The molecule has 15 rings (SSSR count). The molecule has 0 saturated carbocycles. The fraction of sp³-hybridized carbons (Fsp3) is 0.0233. The average Bonchev–Trinajstić information content (AvgIpc) is 1.53. The lowest BCUT2D eigenvalue weighted by Crippen LogP contribution is -2.29. The molecule has 0 bridgehead atoms. The maximum Gasteiger partial charge on any atom is 0.0714 e. The summed E-state index contributed by atoms with van der Waals surface area (Å²) < 4.78 is 0. The van der Waals surface area contributed by atoms with Gasteiger partial charge in [0, 0.05) is 0 Å². The molecule has 0 amide bonds. The summed E-state index contributed by atoms with van der Waals surface area (Å²) in [6.07, 6.45) is 0. The molecule has 0 atom stereocenters. The summed E-state index contributed by atoms with van der Waals surface area (Å²) >= 11 is 0. The Morgan fingerprint density at radius 1 is 0.174 bits per heavy atom. The van der Waals surface area contributed by atoms with Gasteiger partial charge in [-0.1, -0.05) is 279 Å². The molecule has 0 unspecified atom stereocenters. The minimum absolute atomic E-state index is 0.897. The monoisotopic (exact) mass is 1090 g/mol. The molecular formula is C86H60. The molecule has 14 aromatic rings. The van der Waals surface area contributed by atoms with E-state index < -0.39 is 5.41 Å². The second-order valence-corrected chi connectivity index (χ2v) is 22.8. The fourth-order valence-corrected chi connectivity index (χ4v) is 13.5. The van der Waals surface area contributed by atoms with E-state index in [1.807, 2.05) is 0 Å². The molecule has 0 fully saturated rings. The summed E-state index contributed by atoms with van der Waals surface area (Å²) in [5.41, 5.74) is 31.1. The first kappa shape index (κ1) is 51.9. The molecule has 0 heterocycles. The molecule has 0 aromatic heterocycles. The molecule has 1 aliphatic carbocycles. The quantitative estimate of drug-likeness (QED) is 0.114. The number of benzene rings is 14. The Morgan fingerprint density at radius 3 is 0.814 bits per heavy atom. The van der Waals surface area contributed by atoms with E-state index in [-0.39, 0.29) is 0 Å². The Kier molecular flexibility index (Phi) is 13.5. The van der Waals surface area contributed by atoms with Crippen molar-refractivity contribution in [2.24, 2.45) is 0 Å². The maximum absolute atomic E-state index is 2.53. The van der Waals surface area contributed by atoms with E-state index in [0.717, 1.165) is 44.5 Å². The second kappa shape index (κ2) is 22.3. The Hall–Kier alpha value is -10.9. The summed E-state index contributed by atoms with van der Waals surface area (Å²) in [5.74, 6) is 0. The van der Waals surface area contributed by atoms with Crippen LogP contribution in [-0.2, 0) is 5.41 Å². The zero-order chi connectivity index (χ0) is 57.4. The van der Waals surface area contributed by atoms with Crippen LogP contribution in [0.25, 0.3) is 122 Å². The van der Waals surface area contributed by atoms with Crippen LogP contribution in [0, 0.1) is 6.92 Å². The topological polar surface area (TPSA) is 0 Å². The molecule has 0 saturated heterocycles. The van der Waals surface area contributed by atoms with Crippen molar-refractivity contribution in [3.63, 3.8) is 0 Å². The van der Waals surface area contributed by atoms with Crippen molar-refractivity contribution in [1.29, 1.82) is 0 Å². The molecule has 0 heteroatoms. The SMILES string of the molecule is Cc1ccccc1-c1cccc2c1-c1ccc(-c3ccccc3)cc1C2(c1cc(-c2cccc(-c3ccccc3)c2)cc(-c2cccc(-c3ccccc3)c2)c1)c1cc(-c2cccc(-c3ccccc3)c2)cc(-c2cccc(-c3ccccc3)c2)c1. The smallest absolute Gasteiger partial charge is 0.0622 e. The number of hydrogen-bond acceptors (Lipinski definition) is 0. The highest BCUT2D eigenvalue weighted by atomic mass is 14.5. The van der Waals surface area contributed by atoms with E-state index in [0.29, 0.717) is 0 Å². The highest BCUT2D eigenvalue weighted by Crippen LogP contribution is 2.61. The molecule has 0 spiro atoms. The van der Waals surface area contributed by atoms with Gasteiger partial charge in [-0.15, -0.1) is 0 Å². The van der Waals surface area contributed by atoms with Gasteiger partial charge in [-0.05, 0) is 224 Å². The van der Waals surface area contributed by atoms with Crippen LogP contribution in [0.15, 0.2) is 346 Å².